The quantitative estimate of drug-likeness (QED) is 0.166. The second-order valence-electron chi connectivity index (χ2n) is 10.9. The third-order valence-electron chi connectivity index (χ3n) is 8.62. The SMILES string of the molecule is CCCCCCCOC(=O)/C=C/[C@H](C)[C@H]1CC[C@]2(C)C[C@@H]3C(C)=CC(=O)[C@H]3/C(C=O)=C\C[C@@H]12. The van der Waals surface area contributed by atoms with Crippen molar-refractivity contribution in [2.75, 3.05) is 6.61 Å². The third kappa shape index (κ3) is 5.94. The van der Waals surface area contributed by atoms with E-state index < -0.39 is 0 Å². The Kier molecular flexibility index (Phi) is 8.89. The average molecular weight is 455 g/mol. The predicted octanol–water partition coefficient (Wildman–Crippen LogP) is 6.41. The number of carbonyl (C=O) groups excluding carboxylic acids is 3. The normalized spacial score (nSPS) is 34.0. The molecule has 1 saturated carbocycles. The first-order valence-corrected chi connectivity index (χ1v) is 13.0. The van der Waals surface area contributed by atoms with Crippen LogP contribution in [-0.2, 0) is 19.1 Å². The fraction of sp³-hybridized carbons (Fsp3) is 0.690. The molecule has 0 aromatic heterocycles. The molecule has 0 bridgehead atoms. The van der Waals surface area contributed by atoms with Crippen molar-refractivity contribution in [2.24, 2.45) is 35.0 Å². The maximum absolute atomic E-state index is 12.6. The minimum atomic E-state index is -0.284. The lowest BCUT2D eigenvalue weighted by Crippen LogP contribution is -2.34. The van der Waals surface area contributed by atoms with E-state index in [1.807, 2.05) is 19.1 Å². The van der Waals surface area contributed by atoms with Crippen molar-refractivity contribution in [1.82, 2.24) is 0 Å². The van der Waals surface area contributed by atoms with Crippen molar-refractivity contribution in [1.29, 1.82) is 0 Å². The second-order valence-corrected chi connectivity index (χ2v) is 10.9. The smallest absolute Gasteiger partial charge is 0.330 e. The van der Waals surface area contributed by atoms with Gasteiger partial charge in [-0.25, -0.2) is 4.79 Å². The fourth-order valence-corrected chi connectivity index (χ4v) is 6.61. The lowest BCUT2D eigenvalue weighted by Gasteiger charge is -2.40. The summed E-state index contributed by atoms with van der Waals surface area (Å²) in [6.45, 7) is 9.30. The summed E-state index contributed by atoms with van der Waals surface area (Å²) in [7, 11) is 0. The van der Waals surface area contributed by atoms with E-state index in [9.17, 15) is 14.4 Å². The van der Waals surface area contributed by atoms with Crippen molar-refractivity contribution < 1.29 is 19.1 Å². The molecule has 0 aliphatic heterocycles. The van der Waals surface area contributed by atoms with Crippen LogP contribution in [0.5, 0.6) is 0 Å². The molecular weight excluding hydrogens is 412 g/mol. The molecule has 0 amide bonds. The summed E-state index contributed by atoms with van der Waals surface area (Å²) in [6, 6.07) is 0. The molecule has 4 heteroatoms. The van der Waals surface area contributed by atoms with Crippen molar-refractivity contribution in [3.05, 3.63) is 35.5 Å². The average Bonchev–Trinajstić information content (AvgIpc) is 3.23. The molecule has 0 radical (unpaired) electrons. The van der Waals surface area contributed by atoms with E-state index in [0.717, 1.165) is 50.4 Å². The van der Waals surface area contributed by atoms with Gasteiger partial charge in [0.25, 0.3) is 0 Å². The van der Waals surface area contributed by atoms with Crippen LogP contribution in [0.15, 0.2) is 35.5 Å². The lowest BCUT2D eigenvalue weighted by molar-refractivity contribution is -0.137. The van der Waals surface area contributed by atoms with Crippen LogP contribution < -0.4 is 0 Å². The summed E-state index contributed by atoms with van der Waals surface area (Å²) < 4.78 is 5.38. The number of fused-ring (bicyclic) bond motifs is 2. The van der Waals surface area contributed by atoms with E-state index in [-0.39, 0.29) is 34.9 Å². The highest BCUT2D eigenvalue weighted by molar-refractivity contribution is 6.01. The summed E-state index contributed by atoms with van der Waals surface area (Å²) in [5.74, 6) is 0.854. The third-order valence-corrected chi connectivity index (χ3v) is 8.62. The molecule has 3 aliphatic rings. The number of aldehydes is 1. The van der Waals surface area contributed by atoms with Gasteiger partial charge in [-0.1, -0.05) is 64.2 Å². The number of rotatable bonds is 10. The monoisotopic (exact) mass is 454 g/mol. The Bertz CT molecular complexity index is 819. The largest absolute Gasteiger partial charge is 0.463 e. The Morgan fingerprint density at radius 2 is 2.03 bits per heavy atom. The molecular formula is C29H42O4. The Hall–Kier alpha value is -1.97. The van der Waals surface area contributed by atoms with Crippen LogP contribution in [0.25, 0.3) is 0 Å². The maximum atomic E-state index is 12.6. The van der Waals surface area contributed by atoms with Gasteiger partial charge < -0.3 is 4.74 Å². The van der Waals surface area contributed by atoms with E-state index in [0.29, 0.717) is 24.0 Å². The van der Waals surface area contributed by atoms with E-state index >= 15 is 0 Å². The van der Waals surface area contributed by atoms with Crippen LogP contribution in [0, 0.1) is 35.0 Å². The molecule has 33 heavy (non-hydrogen) atoms. The number of esters is 1. The molecule has 0 aromatic carbocycles. The predicted molar refractivity (Wildman–Crippen MR) is 131 cm³/mol. The van der Waals surface area contributed by atoms with Gasteiger partial charge in [0.1, 0.15) is 6.29 Å². The first-order chi connectivity index (χ1) is 15.8. The number of hydrogen-bond acceptors (Lipinski definition) is 4. The minimum absolute atomic E-state index is 0.0904. The molecule has 1 fully saturated rings. The summed E-state index contributed by atoms with van der Waals surface area (Å²) in [4.78, 5) is 36.6. The van der Waals surface area contributed by atoms with Gasteiger partial charge in [-0.2, -0.15) is 0 Å². The number of ketones is 1. The van der Waals surface area contributed by atoms with Gasteiger partial charge >= 0.3 is 5.97 Å². The van der Waals surface area contributed by atoms with Crippen molar-refractivity contribution in [3.63, 3.8) is 0 Å². The van der Waals surface area contributed by atoms with E-state index in [4.69, 9.17) is 4.74 Å². The summed E-state index contributed by atoms with van der Waals surface area (Å²) in [5, 5.41) is 0. The van der Waals surface area contributed by atoms with Crippen LogP contribution in [0.2, 0.25) is 0 Å². The van der Waals surface area contributed by atoms with E-state index in [2.05, 4.69) is 20.8 Å². The molecule has 0 unspecified atom stereocenters. The molecule has 0 N–H and O–H groups in total. The maximum Gasteiger partial charge on any atom is 0.330 e. The molecule has 0 saturated heterocycles. The van der Waals surface area contributed by atoms with Gasteiger partial charge in [-0.05, 0) is 79.8 Å². The van der Waals surface area contributed by atoms with E-state index in [1.165, 1.54) is 19.3 Å². The van der Waals surface area contributed by atoms with Gasteiger partial charge in [0, 0.05) is 6.08 Å². The molecule has 4 nitrogen and oxygen atoms in total. The Balaban J connectivity index is 1.63. The van der Waals surface area contributed by atoms with Gasteiger partial charge in [0.2, 0.25) is 0 Å². The van der Waals surface area contributed by atoms with Gasteiger partial charge in [0.05, 0.1) is 12.5 Å². The Labute approximate surface area is 199 Å². The van der Waals surface area contributed by atoms with Gasteiger partial charge in [-0.3, -0.25) is 9.59 Å². The van der Waals surface area contributed by atoms with Crippen LogP contribution in [0.4, 0.5) is 0 Å². The molecule has 0 heterocycles. The van der Waals surface area contributed by atoms with Crippen molar-refractivity contribution >= 4 is 18.0 Å². The van der Waals surface area contributed by atoms with Crippen molar-refractivity contribution in [3.8, 4) is 0 Å². The Morgan fingerprint density at radius 3 is 2.76 bits per heavy atom. The van der Waals surface area contributed by atoms with Crippen molar-refractivity contribution in [2.45, 2.75) is 85.5 Å². The zero-order chi connectivity index (χ0) is 24.0. The number of allylic oxidation sites excluding steroid dienone is 5. The summed E-state index contributed by atoms with van der Waals surface area (Å²) >= 11 is 0. The number of hydrogen-bond donors (Lipinski definition) is 0. The zero-order valence-electron chi connectivity index (χ0n) is 21.0. The molecule has 6 atom stereocenters. The highest BCUT2D eigenvalue weighted by Crippen LogP contribution is 2.58. The lowest BCUT2D eigenvalue weighted by atomic mass is 9.63. The number of unbranched alkanes of at least 4 members (excludes halogenated alkanes) is 4. The van der Waals surface area contributed by atoms with Gasteiger partial charge in [-0.15, -0.1) is 0 Å². The molecule has 0 spiro atoms. The van der Waals surface area contributed by atoms with Crippen LogP contribution >= 0.6 is 0 Å². The first kappa shape index (κ1) is 25.6. The first-order valence-electron chi connectivity index (χ1n) is 13.0. The Morgan fingerprint density at radius 1 is 1.27 bits per heavy atom. The second kappa shape index (κ2) is 11.4. The van der Waals surface area contributed by atoms with Crippen LogP contribution in [0.1, 0.15) is 85.5 Å². The zero-order valence-corrected chi connectivity index (χ0v) is 21.0. The van der Waals surface area contributed by atoms with Gasteiger partial charge in [0.15, 0.2) is 5.78 Å². The molecule has 182 valence electrons. The highest BCUT2D eigenvalue weighted by atomic mass is 16.5. The molecule has 3 aliphatic carbocycles. The minimum Gasteiger partial charge on any atom is -0.463 e. The standard InChI is InChI=1S/C29H42O4/c1-5-6-7-8-9-16-33-27(32)13-10-20(2)23-14-15-29(4)18-24-21(3)17-26(31)28(24)22(19-30)11-12-25(23)29/h10-11,13,17,19-20,23-25,28H,5-9,12,14-16,18H2,1-4H3/b13-10+,22-11-/t20-,23+,24+,25-,28-,29+/m0/s1. The summed E-state index contributed by atoms with van der Waals surface area (Å²) in [6.07, 6.45) is 18.0. The van der Waals surface area contributed by atoms with Crippen LogP contribution in [-0.4, -0.2) is 24.6 Å². The fourth-order valence-electron chi connectivity index (χ4n) is 6.61. The molecule has 0 aromatic rings. The number of carbonyl (C=O) groups is 3. The van der Waals surface area contributed by atoms with Crippen LogP contribution in [0.3, 0.4) is 0 Å². The highest BCUT2D eigenvalue weighted by Gasteiger charge is 2.50. The topological polar surface area (TPSA) is 60.4 Å². The number of ether oxygens (including phenoxy) is 1. The summed E-state index contributed by atoms with van der Waals surface area (Å²) in [5.41, 5.74) is 1.92. The van der Waals surface area contributed by atoms with E-state index in [1.54, 1.807) is 12.2 Å². The molecule has 3 rings (SSSR count).